The number of piperidine rings is 1. The summed E-state index contributed by atoms with van der Waals surface area (Å²) >= 11 is 0. The summed E-state index contributed by atoms with van der Waals surface area (Å²) in [5, 5.41) is 0. The van der Waals surface area contributed by atoms with Gasteiger partial charge in [0.1, 0.15) is 0 Å². The third-order valence-corrected chi connectivity index (χ3v) is 4.00. The molecule has 3 aliphatic rings. The summed E-state index contributed by atoms with van der Waals surface area (Å²) in [6.45, 7) is 1.45. The molecule has 1 aliphatic heterocycles. The highest BCUT2D eigenvalue weighted by molar-refractivity contribution is 4.96. The molecule has 3 fully saturated rings. The number of likely N-dealkylation sites (tertiary alicyclic amines) is 1. The lowest BCUT2D eigenvalue weighted by molar-refractivity contribution is 0.0931. The molecular weight excluding hydrogens is 134 g/mol. The van der Waals surface area contributed by atoms with Crippen LogP contribution in [0.3, 0.4) is 0 Å². The lowest BCUT2D eigenvalue weighted by atomic mass is 9.90. The van der Waals surface area contributed by atoms with Crippen molar-refractivity contribution in [3.8, 4) is 0 Å². The second-order valence-corrected chi connectivity index (χ2v) is 4.61. The van der Waals surface area contributed by atoms with E-state index in [-0.39, 0.29) is 0 Å². The Labute approximate surface area is 68.8 Å². The molecule has 0 aromatic rings. The first kappa shape index (κ1) is 6.47. The van der Waals surface area contributed by atoms with Gasteiger partial charge in [-0.15, -0.1) is 0 Å². The Morgan fingerprint density at radius 2 is 1.82 bits per heavy atom. The molecule has 0 N–H and O–H groups in total. The van der Waals surface area contributed by atoms with Crippen LogP contribution in [0.5, 0.6) is 0 Å². The Balaban J connectivity index is 1.70. The third-order valence-electron chi connectivity index (χ3n) is 4.00. The maximum absolute atomic E-state index is 2.82. The second-order valence-electron chi connectivity index (χ2n) is 4.61. The predicted octanol–water partition coefficient (Wildman–Crippen LogP) is 2.02. The molecule has 2 saturated carbocycles. The van der Waals surface area contributed by atoms with E-state index < -0.39 is 0 Å². The summed E-state index contributed by atoms with van der Waals surface area (Å²) in [7, 11) is 0. The lowest BCUT2D eigenvalue weighted by Crippen LogP contribution is -2.44. The Kier molecular flexibility index (Phi) is 1.31. The fraction of sp³-hybridized carbons (Fsp3) is 1.00. The van der Waals surface area contributed by atoms with Gasteiger partial charge in [-0.3, -0.25) is 4.90 Å². The van der Waals surface area contributed by atoms with Crippen LogP contribution in [0.1, 0.15) is 38.5 Å². The quantitative estimate of drug-likeness (QED) is 0.554. The molecule has 2 bridgehead atoms. The molecule has 0 amide bonds. The SMILES string of the molecule is C1CC(N2CC3CCC2C3)C1. The smallest absolute Gasteiger partial charge is 0.0101 e. The summed E-state index contributed by atoms with van der Waals surface area (Å²) in [6.07, 6.45) is 9.09. The molecule has 2 aliphatic carbocycles. The average molecular weight is 151 g/mol. The first-order chi connectivity index (χ1) is 5.43. The minimum absolute atomic E-state index is 1.02. The minimum Gasteiger partial charge on any atom is -0.297 e. The molecule has 3 rings (SSSR count). The van der Waals surface area contributed by atoms with Crippen LogP contribution in [-0.4, -0.2) is 23.5 Å². The number of hydrogen-bond donors (Lipinski definition) is 0. The molecule has 62 valence electrons. The summed E-state index contributed by atoms with van der Waals surface area (Å²) in [5.74, 6) is 1.10. The predicted molar refractivity (Wildman–Crippen MR) is 45.5 cm³/mol. The summed E-state index contributed by atoms with van der Waals surface area (Å²) in [5.41, 5.74) is 0. The number of nitrogens with zero attached hydrogens (tertiary/aromatic N) is 1. The molecule has 1 heteroatoms. The van der Waals surface area contributed by atoms with Crippen LogP contribution in [0, 0.1) is 5.92 Å². The third kappa shape index (κ3) is 0.868. The maximum Gasteiger partial charge on any atom is 0.0101 e. The molecule has 1 nitrogen and oxygen atoms in total. The van der Waals surface area contributed by atoms with Crippen molar-refractivity contribution in [1.29, 1.82) is 0 Å². The van der Waals surface area contributed by atoms with Gasteiger partial charge in [-0.1, -0.05) is 6.42 Å². The summed E-state index contributed by atoms with van der Waals surface area (Å²) in [6, 6.07) is 2.04. The first-order valence-corrected chi connectivity index (χ1v) is 5.19. The summed E-state index contributed by atoms with van der Waals surface area (Å²) in [4.78, 5) is 2.82. The zero-order valence-electron chi connectivity index (χ0n) is 7.13. The molecule has 0 aromatic heterocycles. The molecular formula is C10H17N. The van der Waals surface area contributed by atoms with E-state index in [2.05, 4.69) is 4.90 Å². The molecule has 11 heavy (non-hydrogen) atoms. The highest BCUT2D eigenvalue weighted by Gasteiger charge is 2.42. The minimum atomic E-state index is 1.02. The van der Waals surface area contributed by atoms with Crippen LogP contribution in [0.2, 0.25) is 0 Å². The monoisotopic (exact) mass is 151 g/mol. The van der Waals surface area contributed by atoms with Gasteiger partial charge in [-0.2, -0.15) is 0 Å². The van der Waals surface area contributed by atoms with Crippen LogP contribution in [0.15, 0.2) is 0 Å². The number of rotatable bonds is 1. The van der Waals surface area contributed by atoms with Gasteiger partial charge in [0.25, 0.3) is 0 Å². The molecule has 2 atom stereocenters. The van der Waals surface area contributed by atoms with E-state index in [1.54, 1.807) is 0 Å². The van der Waals surface area contributed by atoms with Gasteiger partial charge in [0.15, 0.2) is 0 Å². The largest absolute Gasteiger partial charge is 0.297 e. The van der Waals surface area contributed by atoms with Gasteiger partial charge in [-0.25, -0.2) is 0 Å². The van der Waals surface area contributed by atoms with Crippen molar-refractivity contribution in [3.63, 3.8) is 0 Å². The van der Waals surface area contributed by atoms with Gasteiger partial charge in [0.05, 0.1) is 0 Å². The fourth-order valence-electron chi connectivity index (χ4n) is 3.13. The van der Waals surface area contributed by atoms with Gasteiger partial charge in [0, 0.05) is 18.6 Å². The van der Waals surface area contributed by atoms with Crippen LogP contribution in [0.4, 0.5) is 0 Å². The van der Waals surface area contributed by atoms with Crippen LogP contribution < -0.4 is 0 Å². The van der Waals surface area contributed by atoms with Gasteiger partial charge in [0.2, 0.25) is 0 Å². The molecule has 0 aromatic carbocycles. The Morgan fingerprint density at radius 1 is 0.909 bits per heavy atom. The van der Waals surface area contributed by atoms with Crippen LogP contribution in [0.25, 0.3) is 0 Å². The van der Waals surface area contributed by atoms with Gasteiger partial charge >= 0.3 is 0 Å². The van der Waals surface area contributed by atoms with Crippen LogP contribution in [-0.2, 0) is 0 Å². The zero-order valence-corrected chi connectivity index (χ0v) is 7.13. The zero-order chi connectivity index (χ0) is 7.26. The van der Waals surface area contributed by atoms with Crippen molar-refractivity contribution in [3.05, 3.63) is 0 Å². The van der Waals surface area contributed by atoms with E-state index in [1.165, 1.54) is 45.1 Å². The van der Waals surface area contributed by atoms with E-state index in [0.717, 1.165) is 18.0 Å². The van der Waals surface area contributed by atoms with Crippen LogP contribution >= 0.6 is 0 Å². The lowest BCUT2D eigenvalue weighted by Gasteiger charge is -2.40. The van der Waals surface area contributed by atoms with Gasteiger partial charge < -0.3 is 0 Å². The van der Waals surface area contributed by atoms with E-state index >= 15 is 0 Å². The Hall–Kier alpha value is -0.0400. The fourth-order valence-corrected chi connectivity index (χ4v) is 3.13. The van der Waals surface area contributed by atoms with Crippen molar-refractivity contribution in [2.75, 3.05) is 6.54 Å². The topological polar surface area (TPSA) is 3.24 Å². The molecule has 1 heterocycles. The van der Waals surface area contributed by atoms with E-state index in [9.17, 15) is 0 Å². The Bertz CT molecular complexity index is 162. The van der Waals surface area contributed by atoms with Gasteiger partial charge in [-0.05, 0) is 38.0 Å². The Morgan fingerprint density at radius 3 is 2.27 bits per heavy atom. The van der Waals surface area contributed by atoms with Crippen molar-refractivity contribution in [1.82, 2.24) is 4.90 Å². The highest BCUT2D eigenvalue weighted by atomic mass is 15.2. The molecule has 0 spiro atoms. The van der Waals surface area contributed by atoms with E-state index in [4.69, 9.17) is 0 Å². The van der Waals surface area contributed by atoms with E-state index in [1.807, 2.05) is 0 Å². The molecule has 2 unspecified atom stereocenters. The number of hydrogen-bond acceptors (Lipinski definition) is 1. The normalized spacial score (nSPS) is 44.7. The highest BCUT2D eigenvalue weighted by Crippen LogP contribution is 2.41. The molecule has 0 radical (unpaired) electrons. The summed E-state index contributed by atoms with van der Waals surface area (Å²) < 4.78 is 0. The van der Waals surface area contributed by atoms with Crippen molar-refractivity contribution in [2.45, 2.75) is 50.6 Å². The van der Waals surface area contributed by atoms with Crippen molar-refractivity contribution >= 4 is 0 Å². The van der Waals surface area contributed by atoms with Crippen molar-refractivity contribution < 1.29 is 0 Å². The second kappa shape index (κ2) is 2.22. The van der Waals surface area contributed by atoms with E-state index in [0.29, 0.717) is 0 Å². The first-order valence-electron chi connectivity index (χ1n) is 5.19. The molecule has 1 saturated heterocycles. The standard InChI is InChI=1S/C10H17N/c1-2-9(3-1)11-7-8-4-5-10(11)6-8/h8-10H,1-7H2. The number of fused-ring (bicyclic) bond motifs is 2. The average Bonchev–Trinajstić information content (AvgIpc) is 2.42. The van der Waals surface area contributed by atoms with Crippen molar-refractivity contribution in [2.24, 2.45) is 5.92 Å². The maximum atomic E-state index is 2.82.